The number of hydrogen-bond donors (Lipinski definition) is 0. The molecule has 7 nitrogen and oxygen atoms in total. The van der Waals surface area contributed by atoms with Gasteiger partial charge in [-0.3, -0.25) is 19.3 Å². The van der Waals surface area contributed by atoms with E-state index in [-0.39, 0.29) is 17.9 Å². The Morgan fingerprint density at radius 1 is 1.09 bits per heavy atom. The first-order valence-corrected chi connectivity index (χ1v) is 11.5. The fourth-order valence-electron chi connectivity index (χ4n) is 4.70. The average Bonchev–Trinajstić information content (AvgIpc) is 3.28. The lowest BCUT2D eigenvalue weighted by atomic mass is 9.84. The van der Waals surface area contributed by atoms with Crippen molar-refractivity contribution in [2.24, 2.45) is 13.0 Å². The van der Waals surface area contributed by atoms with E-state index in [1.807, 2.05) is 55.1 Å². The quantitative estimate of drug-likeness (QED) is 0.583. The first-order valence-electron chi connectivity index (χ1n) is 11.5. The van der Waals surface area contributed by atoms with Crippen molar-refractivity contribution in [3.63, 3.8) is 0 Å². The molecule has 1 fully saturated rings. The zero-order valence-corrected chi connectivity index (χ0v) is 19.5. The molecule has 33 heavy (non-hydrogen) atoms. The van der Waals surface area contributed by atoms with Gasteiger partial charge in [-0.2, -0.15) is 5.10 Å². The molecular formula is C26H31N5O2. The van der Waals surface area contributed by atoms with Crippen LogP contribution in [0.2, 0.25) is 0 Å². The number of aromatic nitrogens is 3. The highest BCUT2D eigenvalue weighted by molar-refractivity contribution is 5.95. The Balaban J connectivity index is 1.49. The first kappa shape index (κ1) is 22.7. The van der Waals surface area contributed by atoms with Crippen LogP contribution in [0.25, 0.3) is 0 Å². The summed E-state index contributed by atoms with van der Waals surface area (Å²) >= 11 is 0. The molecule has 0 saturated carbocycles. The van der Waals surface area contributed by atoms with Gasteiger partial charge >= 0.3 is 0 Å². The monoisotopic (exact) mass is 445 g/mol. The smallest absolute Gasteiger partial charge is 0.274 e. The number of amides is 2. The van der Waals surface area contributed by atoms with E-state index in [1.54, 1.807) is 29.2 Å². The van der Waals surface area contributed by atoms with Gasteiger partial charge < -0.3 is 9.80 Å². The van der Waals surface area contributed by atoms with Crippen molar-refractivity contribution < 1.29 is 9.59 Å². The third-order valence-electron chi connectivity index (χ3n) is 6.65. The standard InChI is InChI=1S/C26H31N5O2/c1-19-22(10-7-14-27-19)25(32)31-16-11-21(12-17-31)24(18-20-8-5-4-6-9-20)30(3)26(33)23-13-15-29(2)28-23/h4-10,13-15,21,24H,11-12,16-18H2,1-3H3/t24-/m1/s1. The fourth-order valence-corrected chi connectivity index (χ4v) is 4.70. The number of piperidine rings is 1. The predicted octanol–water partition coefficient (Wildman–Crippen LogP) is 3.36. The predicted molar refractivity (Wildman–Crippen MR) is 127 cm³/mol. The third-order valence-corrected chi connectivity index (χ3v) is 6.65. The van der Waals surface area contributed by atoms with E-state index in [0.29, 0.717) is 30.3 Å². The van der Waals surface area contributed by atoms with Crippen LogP contribution in [-0.2, 0) is 13.5 Å². The topological polar surface area (TPSA) is 71.3 Å². The molecule has 1 aromatic carbocycles. The molecule has 4 rings (SSSR count). The molecule has 0 bridgehead atoms. The zero-order valence-electron chi connectivity index (χ0n) is 19.5. The van der Waals surface area contributed by atoms with E-state index >= 15 is 0 Å². The molecule has 0 aliphatic carbocycles. The third kappa shape index (κ3) is 5.13. The number of rotatable bonds is 6. The van der Waals surface area contributed by atoms with E-state index in [1.165, 1.54) is 5.56 Å². The molecule has 7 heteroatoms. The van der Waals surface area contributed by atoms with Crippen LogP contribution in [0.5, 0.6) is 0 Å². The van der Waals surface area contributed by atoms with Crippen molar-refractivity contribution >= 4 is 11.8 Å². The number of pyridine rings is 1. The van der Waals surface area contributed by atoms with Crippen LogP contribution >= 0.6 is 0 Å². The lowest BCUT2D eigenvalue weighted by Crippen LogP contribution is -2.48. The van der Waals surface area contributed by atoms with Crippen LogP contribution in [-0.4, -0.2) is 62.6 Å². The first-order chi connectivity index (χ1) is 15.9. The van der Waals surface area contributed by atoms with Crippen molar-refractivity contribution in [3.05, 3.63) is 83.4 Å². The van der Waals surface area contributed by atoms with Gasteiger partial charge in [0.25, 0.3) is 11.8 Å². The lowest BCUT2D eigenvalue weighted by molar-refractivity contribution is 0.0518. The van der Waals surface area contributed by atoms with Crippen LogP contribution < -0.4 is 0 Å². The van der Waals surface area contributed by atoms with Gasteiger partial charge in [0.15, 0.2) is 0 Å². The van der Waals surface area contributed by atoms with E-state index in [0.717, 1.165) is 25.0 Å². The Hall–Kier alpha value is -3.48. The highest BCUT2D eigenvalue weighted by Gasteiger charge is 2.34. The minimum absolute atomic E-state index is 0.0271. The molecule has 0 N–H and O–H groups in total. The Morgan fingerprint density at radius 2 is 1.82 bits per heavy atom. The van der Waals surface area contributed by atoms with Gasteiger partial charge in [0.05, 0.1) is 5.56 Å². The molecule has 1 atom stereocenters. The number of likely N-dealkylation sites (tertiary alicyclic amines) is 1. The summed E-state index contributed by atoms with van der Waals surface area (Å²) in [5, 5.41) is 4.31. The van der Waals surface area contributed by atoms with Gasteiger partial charge in [-0.15, -0.1) is 0 Å². The average molecular weight is 446 g/mol. The van der Waals surface area contributed by atoms with Crippen LogP contribution in [0.3, 0.4) is 0 Å². The Bertz CT molecular complexity index is 1100. The molecule has 1 saturated heterocycles. The molecule has 0 spiro atoms. The van der Waals surface area contributed by atoms with Crippen molar-refractivity contribution in [3.8, 4) is 0 Å². The number of carbonyl (C=O) groups excluding carboxylic acids is 2. The number of benzene rings is 1. The summed E-state index contributed by atoms with van der Waals surface area (Å²) in [5.74, 6) is 0.263. The largest absolute Gasteiger partial charge is 0.339 e. The minimum atomic E-state index is -0.0685. The van der Waals surface area contributed by atoms with Crippen molar-refractivity contribution in [2.75, 3.05) is 20.1 Å². The number of hydrogen-bond acceptors (Lipinski definition) is 4. The summed E-state index contributed by atoms with van der Waals surface area (Å²) in [5.41, 5.74) is 3.08. The van der Waals surface area contributed by atoms with Crippen LogP contribution in [0.4, 0.5) is 0 Å². The SMILES string of the molecule is Cc1ncccc1C(=O)N1CCC([C@@H](Cc2ccccc2)N(C)C(=O)c2ccn(C)n2)CC1. The van der Waals surface area contributed by atoms with Crippen LogP contribution in [0, 0.1) is 12.8 Å². The second-order valence-corrected chi connectivity index (χ2v) is 8.81. The molecule has 3 heterocycles. The molecule has 3 aromatic rings. The maximum absolute atomic E-state index is 13.2. The van der Waals surface area contributed by atoms with Gasteiger partial charge in [0, 0.05) is 51.3 Å². The van der Waals surface area contributed by atoms with Gasteiger partial charge in [0.1, 0.15) is 5.69 Å². The van der Waals surface area contributed by atoms with Gasteiger partial charge in [0.2, 0.25) is 0 Å². The highest BCUT2D eigenvalue weighted by Crippen LogP contribution is 2.28. The van der Waals surface area contributed by atoms with E-state index < -0.39 is 0 Å². The van der Waals surface area contributed by atoms with E-state index in [2.05, 4.69) is 22.2 Å². The summed E-state index contributed by atoms with van der Waals surface area (Å²) in [4.78, 5) is 34.3. The zero-order chi connectivity index (χ0) is 23.4. The Kier molecular flexibility index (Phi) is 6.87. The van der Waals surface area contributed by atoms with Gasteiger partial charge in [-0.05, 0) is 55.9 Å². The summed E-state index contributed by atoms with van der Waals surface area (Å²) in [7, 11) is 3.69. The summed E-state index contributed by atoms with van der Waals surface area (Å²) < 4.78 is 1.65. The Labute approximate surface area is 195 Å². The summed E-state index contributed by atoms with van der Waals surface area (Å²) in [6.07, 6.45) is 5.97. The number of nitrogens with zero attached hydrogens (tertiary/aromatic N) is 5. The van der Waals surface area contributed by atoms with Crippen molar-refractivity contribution in [1.82, 2.24) is 24.6 Å². The van der Waals surface area contributed by atoms with Crippen molar-refractivity contribution in [1.29, 1.82) is 0 Å². The second kappa shape index (κ2) is 9.98. The molecule has 1 aliphatic rings. The second-order valence-electron chi connectivity index (χ2n) is 8.81. The molecule has 2 aromatic heterocycles. The molecule has 1 aliphatic heterocycles. The van der Waals surface area contributed by atoms with Gasteiger partial charge in [-0.1, -0.05) is 30.3 Å². The number of carbonyl (C=O) groups is 2. The Morgan fingerprint density at radius 3 is 2.45 bits per heavy atom. The van der Waals surface area contributed by atoms with Crippen molar-refractivity contribution in [2.45, 2.75) is 32.2 Å². The lowest BCUT2D eigenvalue weighted by Gasteiger charge is -2.40. The molecular weight excluding hydrogens is 414 g/mol. The molecule has 0 radical (unpaired) electrons. The number of likely N-dealkylation sites (N-methyl/N-ethyl adjacent to an activating group) is 1. The molecule has 172 valence electrons. The fraction of sp³-hybridized carbons (Fsp3) is 0.385. The van der Waals surface area contributed by atoms with Gasteiger partial charge in [-0.25, -0.2) is 0 Å². The maximum atomic E-state index is 13.2. The molecule has 2 amide bonds. The normalized spacial score (nSPS) is 15.3. The van der Waals surface area contributed by atoms with E-state index in [4.69, 9.17) is 0 Å². The summed E-state index contributed by atoms with van der Waals surface area (Å²) in [6.45, 7) is 3.22. The minimum Gasteiger partial charge on any atom is -0.339 e. The maximum Gasteiger partial charge on any atom is 0.274 e. The van der Waals surface area contributed by atoms with Crippen LogP contribution in [0.1, 0.15) is 44.9 Å². The highest BCUT2D eigenvalue weighted by atomic mass is 16.2. The van der Waals surface area contributed by atoms with Crippen LogP contribution in [0.15, 0.2) is 60.9 Å². The van der Waals surface area contributed by atoms with E-state index in [9.17, 15) is 9.59 Å². The number of aryl methyl sites for hydroxylation is 2. The molecule has 0 unspecified atom stereocenters. The summed E-state index contributed by atoms with van der Waals surface area (Å²) in [6, 6.07) is 15.7.